The van der Waals surface area contributed by atoms with Crippen LogP contribution in [-0.4, -0.2) is 32.2 Å². The third-order valence-corrected chi connectivity index (χ3v) is 3.21. The summed E-state index contributed by atoms with van der Waals surface area (Å²) in [5.74, 6) is 0.718. The Morgan fingerprint density at radius 3 is 2.40 bits per heavy atom. The Labute approximate surface area is 129 Å². The van der Waals surface area contributed by atoms with Crippen molar-refractivity contribution < 1.29 is 14.3 Å². The fourth-order valence-electron chi connectivity index (χ4n) is 1.65. The number of ether oxygens (including phenoxy) is 2. The monoisotopic (exact) mass is 342 g/mol. The number of hydrogen-bond donors (Lipinski definition) is 0. The van der Waals surface area contributed by atoms with Gasteiger partial charge in [0.1, 0.15) is 0 Å². The number of halogens is 1. The van der Waals surface area contributed by atoms with Crippen molar-refractivity contribution in [1.29, 1.82) is 0 Å². The summed E-state index contributed by atoms with van der Waals surface area (Å²) >= 11 is 3.35. The summed E-state index contributed by atoms with van der Waals surface area (Å²) in [4.78, 5) is 11.9. The fourth-order valence-corrected chi connectivity index (χ4v) is 1.92. The molecule has 0 aromatic heterocycles. The van der Waals surface area contributed by atoms with Gasteiger partial charge >= 0.3 is 0 Å². The van der Waals surface area contributed by atoms with Crippen molar-refractivity contribution in [2.75, 3.05) is 26.4 Å². The van der Waals surface area contributed by atoms with Gasteiger partial charge in [0.15, 0.2) is 5.78 Å². The van der Waals surface area contributed by atoms with Gasteiger partial charge in [-0.05, 0) is 24.5 Å². The summed E-state index contributed by atoms with van der Waals surface area (Å²) in [6.45, 7) is 6.83. The lowest BCUT2D eigenvalue weighted by Crippen LogP contribution is -2.09. The lowest BCUT2D eigenvalue weighted by atomic mass is 10.1. The molecule has 0 radical (unpaired) electrons. The van der Waals surface area contributed by atoms with E-state index in [1.54, 1.807) is 0 Å². The van der Waals surface area contributed by atoms with Crippen LogP contribution in [0.1, 0.15) is 37.0 Å². The second-order valence-corrected chi connectivity index (χ2v) is 6.03. The Balaban J connectivity index is 2.04. The molecule has 0 heterocycles. The van der Waals surface area contributed by atoms with Crippen LogP contribution in [0.4, 0.5) is 0 Å². The standard InChI is InChI=1S/C16H23BrO3/c1-13(2)12-20-11-10-19-9-3-4-16(18)14-5-7-15(17)8-6-14/h5-8,13H,3-4,9-12H2,1-2H3. The molecule has 0 aliphatic carbocycles. The zero-order chi connectivity index (χ0) is 14.8. The molecule has 1 rings (SSSR count). The molecule has 0 unspecified atom stereocenters. The maximum absolute atomic E-state index is 11.9. The molecule has 0 aliphatic rings. The van der Waals surface area contributed by atoms with Crippen molar-refractivity contribution >= 4 is 21.7 Å². The molecule has 0 bridgehead atoms. The average molecular weight is 343 g/mol. The van der Waals surface area contributed by atoms with Gasteiger partial charge in [-0.25, -0.2) is 0 Å². The number of rotatable bonds is 10. The van der Waals surface area contributed by atoms with Gasteiger partial charge in [-0.1, -0.05) is 41.9 Å². The highest BCUT2D eigenvalue weighted by molar-refractivity contribution is 9.10. The molecule has 1 aromatic carbocycles. The van der Waals surface area contributed by atoms with Crippen molar-refractivity contribution in [2.45, 2.75) is 26.7 Å². The van der Waals surface area contributed by atoms with E-state index in [4.69, 9.17) is 9.47 Å². The van der Waals surface area contributed by atoms with E-state index >= 15 is 0 Å². The maximum Gasteiger partial charge on any atom is 0.162 e. The van der Waals surface area contributed by atoms with Crippen molar-refractivity contribution in [3.05, 3.63) is 34.3 Å². The number of benzene rings is 1. The lowest BCUT2D eigenvalue weighted by Gasteiger charge is -2.07. The molecule has 3 nitrogen and oxygen atoms in total. The van der Waals surface area contributed by atoms with E-state index in [2.05, 4.69) is 29.8 Å². The van der Waals surface area contributed by atoms with Crippen LogP contribution in [0.5, 0.6) is 0 Å². The molecule has 0 aliphatic heterocycles. The zero-order valence-electron chi connectivity index (χ0n) is 12.2. The highest BCUT2D eigenvalue weighted by Crippen LogP contribution is 2.12. The van der Waals surface area contributed by atoms with E-state index in [0.717, 1.165) is 23.1 Å². The molecule has 0 saturated carbocycles. The smallest absolute Gasteiger partial charge is 0.162 e. The second-order valence-electron chi connectivity index (χ2n) is 5.11. The molecule has 112 valence electrons. The highest BCUT2D eigenvalue weighted by Gasteiger charge is 2.05. The summed E-state index contributed by atoms with van der Waals surface area (Å²) in [5.41, 5.74) is 0.758. The van der Waals surface area contributed by atoms with Gasteiger partial charge in [0.2, 0.25) is 0 Å². The fraction of sp³-hybridized carbons (Fsp3) is 0.562. The van der Waals surface area contributed by atoms with Crippen molar-refractivity contribution in [3.63, 3.8) is 0 Å². The Hall–Kier alpha value is -0.710. The van der Waals surface area contributed by atoms with Crippen LogP contribution in [-0.2, 0) is 9.47 Å². The summed E-state index contributed by atoms with van der Waals surface area (Å²) < 4.78 is 11.8. The first-order valence-electron chi connectivity index (χ1n) is 7.04. The molecular weight excluding hydrogens is 320 g/mol. The average Bonchev–Trinajstić information content (AvgIpc) is 2.42. The summed E-state index contributed by atoms with van der Waals surface area (Å²) in [7, 11) is 0. The highest BCUT2D eigenvalue weighted by atomic mass is 79.9. The van der Waals surface area contributed by atoms with Gasteiger partial charge in [-0.2, -0.15) is 0 Å². The van der Waals surface area contributed by atoms with E-state index in [1.165, 1.54) is 0 Å². The Morgan fingerprint density at radius 1 is 1.10 bits per heavy atom. The minimum Gasteiger partial charge on any atom is -0.379 e. The number of Topliss-reactive ketones (excluding diaryl/α,β-unsaturated/α-hetero) is 1. The SMILES string of the molecule is CC(C)COCCOCCCC(=O)c1ccc(Br)cc1. The predicted octanol–water partition coefficient (Wildman–Crippen LogP) is 4.10. The molecule has 4 heteroatoms. The molecule has 0 atom stereocenters. The summed E-state index contributed by atoms with van der Waals surface area (Å²) in [5, 5.41) is 0. The van der Waals surface area contributed by atoms with E-state index in [-0.39, 0.29) is 5.78 Å². The molecule has 1 aromatic rings. The van der Waals surface area contributed by atoms with Crippen LogP contribution in [0.3, 0.4) is 0 Å². The van der Waals surface area contributed by atoms with Gasteiger partial charge in [0, 0.05) is 29.7 Å². The molecule has 0 saturated heterocycles. The van der Waals surface area contributed by atoms with Gasteiger partial charge in [-0.15, -0.1) is 0 Å². The van der Waals surface area contributed by atoms with Gasteiger partial charge < -0.3 is 9.47 Å². The Morgan fingerprint density at radius 2 is 1.75 bits per heavy atom. The Bertz CT molecular complexity index is 387. The normalized spacial score (nSPS) is 11.0. The number of carbonyl (C=O) groups excluding carboxylic acids is 1. The van der Waals surface area contributed by atoms with E-state index in [1.807, 2.05) is 24.3 Å². The van der Waals surface area contributed by atoms with Gasteiger partial charge in [0.05, 0.1) is 13.2 Å². The van der Waals surface area contributed by atoms with Crippen LogP contribution in [0, 0.1) is 5.92 Å². The maximum atomic E-state index is 11.9. The molecule has 0 N–H and O–H groups in total. The molecule has 0 amide bonds. The number of ketones is 1. The largest absolute Gasteiger partial charge is 0.379 e. The third-order valence-electron chi connectivity index (χ3n) is 2.68. The summed E-state index contributed by atoms with van der Waals surface area (Å²) in [6.07, 6.45) is 1.27. The number of hydrogen-bond acceptors (Lipinski definition) is 3. The summed E-state index contributed by atoms with van der Waals surface area (Å²) in [6, 6.07) is 7.45. The first kappa shape index (κ1) is 17.3. The first-order valence-corrected chi connectivity index (χ1v) is 7.83. The van der Waals surface area contributed by atoms with Crippen LogP contribution in [0.2, 0.25) is 0 Å². The van der Waals surface area contributed by atoms with E-state index in [9.17, 15) is 4.79 Å². The minimum absolute atomic E-state index is 0.164. The van der Waals surface area contributed by atoms with Gasteiger partial charge in [-0.3, -0.25) is 4.79 Å². The van der Waals surface area contributed by atoms with Crippen molar-refractivity contribution in [3.8, 4) is 0 Å². The van der Waals surface area contributed by atoms with Crippen LogP contribution in [0.15, 0.2) is 28.7 Å². The van der Waals surface area contributed by atoms with Crippen LogP contribution >= 0.6 is 15.9 Å². The first-order chi connectivity index (χ1) is 9.59. The minimum atomic E-state index is 0.164. The quantitative estimate of drug-likeness (QED) is 0.474. The van der Waals surface area contributed by atoms with E-state index < -0.39 is 0 Å². The van der Waals surface area contributed by atoms with Crippen molar-refractivity contribution in [2.24, 2.45) is 5.92 Å². The third kappa shape index (κ3) is 7.78. The molecule has 20 heavy (non-hydrogen) atoms. The van der Waals surface area contributed by atoms with Crippen molar-refractivity contribution in [1.82, 2.24) is 0 Å². The predicted molar refractivity (Wildman–Crippen MR) is 84.2 cm³/mol. The van der Waals surface area contributed by atoms with E-state index in [0.29, 0.717) is 32.2 Å². The topological polar surface area (TPSA) is 35.5 Å². The lowest BCUT2D eigenvalue weighted by molar-refractivity contribution is 0.0365. The molecule has 0 spiro atoms. The van der Waals surface area contributed by atoms with Crippen LogP contribution in [0.25, 0.3) is 0 Å². The second kappa shape index (κ2) is 10.1. The van der Waals surface area contributed by atoms with Crippen LogP contribution < -0.4 is 0 Å². The number of carbonyl (C=O) groups is 1. The molecular formula is C16H23BrO3. The Kier molecular flexibility index (Phi) is 8.74. The van der Waals surface area contributed by atoms with Gasteiger partial charge in [0.25, 0.3) is 0 Å². The molecule has 0 fully saturated rings. The zero-order valence-corrected chi connectivity index (χ0v) is 13.8.